The predicted molar refractivity (Wildman–Crippen MR) is 103 cm³/mol. The van der Waals surface area contributed by atoms with Crippen molar-refractivity contribution in [1.82, 2.24) is 10.3 Å². The van der Waals surface area contributed by atoms with Gasteiger partial charge in [-0.2, -0.15) is 0 Å². The fourth-order valence-corrected chi connectivity index (χ4v) is 2.73. The molecule has 132 valence electrons. The first-order valence-corrected chi connectivity index (χ1v) is 8.38. The summed E-state index contributed by atoms with van der Waals surface area (Å²) in [5, 5.41) is 5.79. The lowest BCUT2D eigenvalue weighted by Crippen LogP contribution is -2.31. The van der Waals surface area contributed by atoms with Crippen molar-refractivity contribution in [2.45, 2.75) is 13.0 Å². The number of nitrogens with zero attached hydrogens (tertiary/aromatic N) is 1. The van der Waals surface area contributed by atoms with Crippen molar-refractivity contribution in [3.05, 3.63) is 78.6 Å². The number of amides is 2. The third kappa shape index (κ3) is 4.19. The summed E-state index contributed by atoms with van der Waals surface area (Å²) < 4.78 is 5.42. The fraction of sp³-hybridized carbons (Fsp3) is 0.143. The van der Waals surface area contributed by atoms with Crippen molar-refractivity contribution in [2.24, 2.45) is 0 Å². The highest BCUT2D eigenvalue weighted by Crippen LogP contribution is 2.30. The van der Waals surface area contributed by atoms with E-state index in [-0.39, 0.29) is 12.1 Å². The number of hydrogen-bond donors (Lipinski definition) is 2. The topological polar surface area (TPSA) is 63.2 Å². The number of methoxy groups -OCH3 is 1. The molecule has 2 N–H and O–H groups in total. The fourth-order valence-electron chi connectivity index (χ4n) is 2.73. The van der Waals surface area contributed by atoms with Crippen LogP contribution in [0.2, 0.25) is 0 Å². The minimum atomic E-state index is -0.265. The Hall–Kier alpha value is -3.34. The summed E-state index contributed by atoms with van der Waals surface area (Å²) >= 11 is 0. The van der Waals surface area contributed by atoms with E-state index >= 15 is 0 Å². The molecule has 0 saturated heterocycles. The average molecular weight is 347 g/mol. The second-order valence-electron chi connectivity index (χ2n) is 5.89. The standard InChI is InChI=1S/C21H21N3O2/c1-15(17-8-6-12-22-14-17)23-21(25)24-18-9-5-7-16(13-18)19-10-3-4-11-20(19)26-2/h3-15H,1-2H3,(H2,23,24,25). The molecule has 26 heavy (non-hydrogen) atoms. The Morgan fingerprint density at radius 3 is 2.69 bits per heavy atom. The summed E-state index contributed by atoms with van der Waals surface area (Å²) in [6.45, 7) is 1.92. The zero-order valence-corrected chi connectivity index (χ0v) is 14.8. The molecule has 0 saturated carbocycles. The monoisotopic (exact) mass is 347 g/mol. The number of nitrogens with one attached hydrogen (secondary N) is 2. The molecule has 1 unspecified atom stereocenters. The molecule has 0 radical (unpaired) electrons. The van der Waals surface area contributed by atoms with Gasteiger partial charge in [0.2, 0.25) is 0 Å². The molecule has 3 rings (SSSR count). The van der Waals surface area contributed by atoms with Crippen LogP contribution in [0.15, 0.2) is 73.1 Å². The Kier molecular flexibility index (Phi) is 5.49. The molecule has 0 aliphatic rings. The number of aromatic nitrogens is 1. The van der Waals surface area contributed by atoms with Crippen LogP contribution in [0.25, 0.3) is 11.1 Å². The number of pyridine rings is 1. The number of carbonyl (C=O) groups is 1. The number of para-hydroxylation sites is 1. The minimum absolute atomic E-state index is 0.138. The summed E-state index contributed by atoms with van der Waals surface area (Å²) in [7, 11) is 1.65. The molecule has 3 aromatic rings. The molecule has 2 amide bonds. The van der Waals surface area contributed by atoms with Crippen LogP contribution in [0, 0.1) is 0 Å². The number of anilines is 1. The molecular weight excluding hydrogens is 326 g/mol. The summed E-state index contributed by atoms with van der Waals surface area (Å²) in [6.07, 6.45) is 3.45. The van der Waals surface area contributed by atoms with E-state index in [0.717, 1.165) is 22.4 Å². The Morgan fingerprint density at radius 2 is 1.92 bits per heavy atom. The molecule has 5 heteroatoms. The van der Waals surface area contributed by atoms with Crippen molar-refractivity contribution in [3.8, 4) is 16.9 Å². The number of urea groups is 1. The molecule has 1 aromatic heterocycles. The Bertz CT molecular complexity index is 881. The maximum atomic E-state index is 12.3. The summed E-state index contributed by atoms with van der Waals surface area (Å²) in [5.74, 6) is 0.791. The number of carbonyl (C=O) groups excluding carboxylic acids is 1. The first-order chi connectivity index (χ1) is 12.7. The van der Waals surface area contributed by atoms with Gasteiger partial charge in [0.1, 0.15) is 5.75 Å². The minimum Gasteiger partial charge on any atom is -0.496 e. The average Bonchev–Trinajstić information content (AvgIpc) is 2.68. The number of benzene rings is 2. The van der Waals surface area contributed by atoms with Crippen LogP contribution >= 0.6 is 0 Å². The number of ether oxygens (including phenoxy) is 1. The van der Waals surface area contributed by atoms with E-state index in [2.05, 4.69) is 15.6 Å². The molecule has 1 atom stereocenters. The zero-order chi connectivity index (χ0) is 18.4. The van der Waals surface area contributed by atoms with E-state index in [9.17, 15) is 4.79 Å². The summed E-state index contributed by atoms with van der Waals surface area (Å²) in [5.41, 5.74) is 3.61. The second kappa shape index (κ2) is 8.16. The van der Waals surface area contributed by atoms with Crippen molar-refractivity contribution < 1.29 is 9.53 Å². The Balaban J connectivity index is 1.71. The van der Waals surface area contributed by atoms with Crippen LogP contribution in [-0.2, 0) is 0 Å². The molecule has 0 bridgehead atoms. The van der Waals surface area contributed by atoms with E-state index in [1.165, 1.54) is 0 Å². The Labute approximate surface area is 153 Å². The van der Waals surface area contributed by atoms with Gasteiger partial charge in [0, 0.05) is 23.6 Å². The first kappa shape index (κ1) is 17.5. The van der Waals surface area contributed by atoms with Crippen LogP contribution in [0.3, 0.4) is 0 Å². The van der Waals surface area contributed by atoms with Crippen molar-refractivity contribution in [3.63, 3.8) is 0 Å². The normalized spacial score (nSPS) is 11.5. The molecule has 1 heterocycles. The molecule has 0 spiro atoms. The smallest absolute Gasteiger partial charge is 0.319 e. The van der Waals surface area contributed by atoms with E-state index in [1.807, 2.05) is 67.6 Å². The highest BCUT2D eigenvalue weighted by Gasteiger charge is 2.11. The highest BCUT2D eigenvalue weighted by atomic mass is 16.5. The van der Waals surface area contributed by atoms with Gasteiger partial charge >= 0.3 is 6.03 Å². The van der Waals surface area contributed by atoms with Crippen LogP contribution in [0.5, 0.6) is 5.75 Å². The van der Waals surface area contributed by atoms with E-state index in [0.29, 0.717) is 5.69 Å². The second-order valence-corrected chi connectivity index (χ2v) is 5.89. The lowest BCUT2D eigenvalue weighted by Gasteiger charge is -2.15. The van der Waals surface area contributed by atoms with Gasteiger partial charge in [0.15, 0.2) is 0 Å². The van der Waals surface area contributed by atoms with Crippen LogP contribution in [-0.4, -0.2) is 18.1 Å². The van der Waals surface area contributed by atoms with Crippen molar-refractivity contribution in [1.29, 1.82) is 0 Å². The number of rotatable bonds is 5. The zero-order valence-electron chi connectivity index (χ0n) is 14.8. The maximum absolute atomic E-state index is 12.3. The molecule has 0 aliphatic carbocycles. The van der Waals surface area contributed by atoms with Gasteiger partial charge < -0.3 is 15.4 Å². The predicted octanol–water partition coefficient (Wildman–Crippen LogP) is 4.64. The van der Waals surface area contributed by atoms with Gasteiger partial charge in [0.25, 0.3) is 0 Å². The molecule has 0 fully saturated rings. The van der Waals surface area contributed by atoms with E-state index in [1.54, 1.807) is 19.5 Å². The highest BCUT2D eigenvalue weighted by molar-refractivity contribution is 5.90. The van der Waals surface area contributed by atoms with Crippen molar-refractivity contribution >= 4 is 11.7 Å². The van der Waals surface area contributed by atoms with Gasteiger partial charge in [-0.15, -0.1) is 0 Å². The van der Waals surface area contributed by atoms with Gasteiger partial charge in [-0.3, -0.25) is 4.98 Å². The lowest BCUT2D eigenvalue weighted by atomic mass is 10.0. The van der Waals surface area contributed by atoms with Crippen LogP contribution in [0.1, 0.15) is 18.5 Å². The van der Waals surface area contributed by atoms with Crippen LogP contribution in [0.4, 0.5) is 10.5 Å². The largest absolute Gasteiger partial charge is 0.496 e. The Morgan fingerprint density at radius 1 is 1.08 bits per heavy atom. The van der Waals surface area contributed by atoms with Crippen LogP contribution < -0.4 is 15.4 Å². The molecule has 0 aliphatic heterocycles. The maximum Gasteiger partial charge on any atom is 0.319 e. The quantitative estimate of drug-likeness (QED) is 0.707. The van der Waals surface area contributed by atoms with Gasteiger partial charge in [-0.05, 0) is 42.3 Å². The summed E-state index contributed by atoms with van der Waals surface area (Å²) in [4.78, 5) is 16.4. The van der Waals surface area contributed by atoms with Crippen molar-refractivity contribution in [2.75, 3.05) is 12.4 Å². The first-order valence-electron chi connectivity index (χ1n) is 8.38. The third-order valence-electron chi connectivity index (χ3n) is 4.07. The number of hydrogen-bond acceptors (Lipinski definition) is 3. The molecule has 5 nitrogen and oxygen atoms in total. The molecular formula is C21H21N3O2. The van der Waals surface area contributed by atoms with E-state index < -0.39 is 0 Å². The van der Waals surface area contributed by atoms with Gasteiger partial charge in [-0.1, -0.05) is 36.4 Å². The summed E-state index contributed by atoms with van der Waals surface area (Å²) in [6, 6.07) is 18.8. The SMILES string of the molecule is COc1ccccc1-c1cccc(NC(=O)NC(C)c2cccnc2)c1. The molecule has 2 aromatic carbocycles. The van der Waals surface area contributed by atoms with Gasteiger partial charge in [-0.25, -0.2) is 4.79 Å². The lowest BCUT2D eigenvalue weighted by molar-refractivity contribution is 0.249. The van der Waals surface area contributed by atoms with Gasteiger partial charge in [0.05, 0.1) is 13.2 Å². The van der Waals surface area contributed by atoms with E-state index in [4.69, 9.17) is 4.74 Å². The third-order valence-corrected chi connectivity index (χ3v) is 4.07.